The Morgan fingerprint density at radius 2 is 0.788 bits per heavy atom. The van der Waals surface area contributed by atoms with Gasteiger partial charge >= 0.3 is 0 Å². The van der Waals surface area contributed by atoms with E-state index in [2.05, 4.69) is 152 Å². The number of Topliss-reactive ketones (excluding diaryl/α,β-unsaturated/α-hetero) is 1. The van der Waals surface area contributed by atoms with Gasteiger partial charge in [-0.25, -0.2) is 0 Å². The fourth-order valence-electron chi connectivity index (χ4n) is 8.42. The molecule has 0 fully saturated rings. The van der Waals surface area contributed by atoms with Gasteiger partial charge in [-0.3, -0.25) is 4.79 Å². The van der Waals surface area contributed by atoms with E-state index in [-0.39, 0.29) is 11.7 Å². The number of benzene rings is 9. The van der Waals surface area contributed by atoms with Gasteiger partial charge in [0.15, 0.2) is 5.78 Å². The maximum atomic E-state index is 14.0. The molecule has 9 aromatic rings. The van der Waals surface area contributed by atoms with Gasteiger partial charge in [-0.1, -0.05) is 164 Å². The highest BCUT2D eigenvalue weighted by Crippen LogP contribution is 2.41. The molecule has 0 radical (unpaired) electrons. The van der Waals surface area contributed by atoms with Crippen molar-refractivity contribution in [2.45, 2.75) is 12.3 Å². The third-order valence-corrected chi connectivity index (χ3v) is 11.0. The Labute approximate surface area is 303 Å². The fraction of sp³-hybridized carbons (Fsp3) is 0.0392. The Kier molecular flexibility index (Phi) is 7.18. The summed E-state index contributed by atoms with van der Waals surface area (Å²) in [4.78, 5) is 14.0. The van der Waals surface area contributed by atoms with E-state index < -0.39 is 0 Å². The molecule has 0 aromatic heterocycles. The summed E-state index contributed by atoms with van der Waals surface area (Å²) < 4.78 is 0. The van der Waals surface area contributed by atoms with Crippen LogP contribution in [0.2, 0.25) is 0 Å². The van der Waals surface area contributed by atoms with E-state index in [9.17, 15) is 4.79 Å². The lowest BCUT2D eigenvalue weighted by Gasteiger charge is -2.15. The lowest BCUT2D eigenvalue weighted by Crippen LogP contribution is -2.14. The number of carbonyl (C=O) groups is 1. The van der Waals surface area contributed by atoms with Crippen molar-refractivity contribution in [2.75, 3.05) is 0 Å². The van der Waals surface area contributed by atoms with E-state index in [1.54, 1.807) is 0 Å². The molecule has 1 atom stereocenters. The lowest BCUT2D eigenvalue weighted by molar-refractivity contribution is 0.0960. The van der Waals surface area contributed by atoms with Crippen LogP contribution in [0, 0.1) is 0 Å². The number of ketones is 1. The van der Waals surface area contributed by atoms with Gasteiger partial charge in [0.2, 0.25) is 0 Å². The molecule has 0 heterocycles. The zero-order valence-corrected chi connectivity index (χ0v) is 28.6. The average Bonchev–Trinajstić information content (AvgIpc) is 3.35. The van der Waals surface area contributed by atoms with Gasteiger partial charge in [-0.2, -0.15) is 0 Å². The van der Waals surface area contributed by atoms with Gasteiger partial charge in [0.1, 0.15) is 0 Å². The summed E-state index contributed by atoms with van der Waals surface area (Å²) in [6.45, 7) is 0. The lowest BCUT2D eigenvalue weighted by atomic mass is 9.87. The molecule has 1 heteroatoms. The van der Waals surface area contributed by atoms with Crippen LogP contribution in [0.5, 0.6) is 0 Å². The normalized spacial score (nSPS) is 13.9. The van der Waals surface area contributed by atoms with E-state index in [1.165, 1.54) is 60.1 Å². The van der Waals surface area contributed by atoms with E-state index in [4.69, 9.17) is 0 Å². The molecule has 0 saturated carbocycles. The summed E-state index contributed by atoms with van der Waals surface area (Å²) in [6.07, 6.45) is 0.681. The monoisotopic (exact) mass is 662 g/mol. The summed E-state index contributed by atoms with van der Waals surface area (Å²) in [5.41, 5.74) is 12.3. The van der Waals surface area contributed by atoms with E-state index in [0.717, 1.165) is 33.4 Å². The summed E-state index contributed by atoms with van der Waals surface area (Å²) in [6, 6.07) is 67.2. The molecular formula is C51H34O. The minimum absolute atomic E-state index is 0.189. The van der Waals surface area contributed by atoms with Crippen LogP contribution < -0.4 is 0 Å². The molecule has 1 aliphatic carbocycles. The van der Waals surface area contributed by atoms with Crippen LogP contribution in [-0.2, 0) is 6.42 Å². The Morgan fingerprint density at radius 1 is 0.327 bits per heavy atom. The SMILES string of the molecule is O=C1c2ccccc2-c2cc(-c3cccc(-c4cccc(-c5ccc6c7ccccc7c7ccccc7c6c5)c4)c3)ccc2CC1c1ccccc1. The summed E-state index contributed by atoms with van der Waals surface area (Å²) in [5.74, 6) is -0.0138. The first-order valence-corrected chi connectivity index (χ1v) is 18.1. The molecule has 1 nitrogen and oxygen atoms in total. The Hall–Kier alpha value is -6.57. The van der Waals surface area contributed by atoms with E-state index in [1.807, 2.05) is 36.4 Å². The standard InChI is InChI=1S/C51H34O/c52-51-47-23-9-8-22-45(47)48-30-38(24-25-40(48)32-49(51)33-12-2-1-3-13-33)36-16-10-14-34(28-36)35-15-11-17-37(29-35)39-26-27-46-43-20-5-4-18-41(43)42-19-6-7-21-44(42)50(46)31-39/h1-31,49H,32H2. The highest BCUT2D eigenvalue weighted by Gasteiger charge is 2.29. The molecule has 0 N–H and O–H groups in total. The Morgan fingerprint density at radius 3 is 1.40 bits per heavy atom. The van der Waals surface area contributed by atoms with Gasteiger partial charge in [-0.05, 0) is 119 Å². The number of fused-ring (bicyclic) bond motifs is 9. The highest BCUT2D eigenvalue weighted by atomic mass is 16.1. The molecule has 0 bridgehead atoms. The predicted molar refractivity (Wildman–Crippen MR) is 218 cm³/mol. The quantitative estimate of drug-likeness (QED) is 0.171. The molecule has 0 saturated heterocycles. The van der Waals surface area contributed by atoms with Crippen LogP contribution in [0.4, 0.5) is 0 Å². The Bertz CT molecular complexity index is 2810. The van der Waals surface area contributed by atoms with Crippen molar-refractivity contribution < 1.29 is 4.79 Å². The molecule has 1 unspecified atom stereocenters. The topological polar surface area (TPSA) is 17.1 Å². The number of carbonyl (C=O) groups excluding carboxylic acids is 1. The van der Waals surface area contributed by atoms with Crippen LogP contribution >= 0.6 is 0 Å². The molecule has 1 aliphatic rings. The molecule has 9 aromatic carbocycles. The van der Waals surface area contributed by atoms with Crippen LogP contribution in [0.15, 0.2) is 188 Å². The molecular weight excluding hydrogens is 629 g/mol. The van der Waals surface area contributed by atoms with Crippen LogP contribution in [-0.4, -0.2) is 5.78 Å². The number of rotatable bonds is 4. The molecule has 0 spiro atoms. The highest BCUT2D eigenvalue weighted by molar-refractivity contribution is 6.25. The zero-order valence-electron chi connectivity index (χ0n) is 28.6. The van der Waals surface area contributed by atoms with E-state index in [0.29, 0.717) is 6.42 Å². The minimum Gasteiger partial charge on any atom is -0.293 e. The van der Waals surface area contributed by atoms with E-state index >= 15 is 0 Å². The first kappa shape index (κ1) is 30.3. The van der Waals surface area contributed by atoms with Gasteiger partial charge in [0, 0.05) is 5.56 Å². The first-order chi connectivity index (χ1) is 25.7. The predicted octanol–water partition coefficient (Wildman–Crippen LogP) is 13.3. The van der Waals surface area contributed by atoms with Crippen molar-refractivity contribution >= 4 is 38.1 Å². The largest absolute Gasteiger partial charge is 0.293 e. The summed E-state index contributed by atoms with van der Waals surface area (Å²) >= 11 is 0. The van der Waals surface area contributed by atoms with Crippen molar-refractivity contribution in [3.63, 3.8) is 0 Å². The number of hydrogen-bond donors (Lipinski definition) is 0. The molecule has 52 heavy (non-hydrogen) atoms. The van der Waals surface area contributed by atoms with Crippen molar-refractivity contribution in [1.82, 2.24) is 0 Å². The van der Waals surface area contributed by atoms with Gasteiger partial charge in [0.25, 0.3) is 0 Å². The average molecular weight is 663 g/mol. The second-order valence-electron chi connectivity index (χ2n) is 14.0. The van der Waals surface area contributed by atoms with Crippen LogP contribution in [0.1, 0.15) is 27.4 Å². The van der Waals surface area contributed by atoms with Crippen molar-refractivity contribution in [3.8, 4) is 44.5 Å². The second-order valence-corrected chi connectivity index (χ2v) is 14.0. The molecule has 244 valence electrons. The van der Waals surface area contributed by atoms with Crippen LogP contribution in [0.25, 0.3) is 76.8 Å². The second kappa shape index (κ2) is 12.3. The third-order valence-electron chi connectivity index (χ3n) is 11.0. The molecule has 0 amide bonds. The summed E-state index contributed by atoms with van der Waals surface area (Å²) in [7, 11) is 0. The van der Waals surface area contributed by atoms with Gasteiger partial charge in [-0.15, -0.1) is 0 Å². The maximum absolute atomic E-state index is 14.0. The molecule has 0 aliphatic heterocycles. The first-order valence-electron chi connectivity index (χ1n) is 18.1. The fourth-order valence-corrected chi connectivity index (χ4v) is 8.42. The van der Waals surface area contributed by atoms with Crippen LogP contribution in [0.3, 0.4) is 0 Å². The minimum atomic E-state index is -0.203. The maximum Gasteiger partial charge on any atom is 0.171 e. The smallest absolute Gasteiger partial charge is 0.171 e. The van der Waals surface area contributed by atoms with Crippen molar-refractivity contribution in [2.24, 2.45) is 0 Å². The van der Waals surface area contributed by atoms with Gasteiger partial charge < -0.3 is 0 Å². The van der Waals surface area contributed by atoms with Crippen molar-refractivity contribution in [3.05, 3.63) is 205 Å². The third kappa shape index (κ3) is 5.05. The zero-order chi connectivity index (χ0) is 34.6. The van der Waals surface area contributed by atoms with Crippen molar-refractivity contribution in [1.29, 1.82) is 0 Å². The number of hydrogen-bond acceptors (Lipinski definition) is 1. The Balaban J connectivity index is 1.03. The molecule has 10 rings (SSSR count). The van der Waals surface area contributed by atoms with Gasteiger partial charge in [0.05, 0.1) is 5.92 Å². The summed E-state index contributed by atoms with van der Waals surface area (Å²) in [5, 5.41) is 7.72.